The first-order valence-electron chi connectivity index (χ1n) is 7.67. The largest absolute Gasteiger partial charge is 0.446 e. The highest BCUT2D eigenvalue weighted by molar-refractivity contribution is 8.00. The van der Waals surface area contributed by atoms with Crippen LogP contribution < -0.4 is 5.73 Å². The molecule has 1 fully saturated rings. The summed E-state index contributed by atoms with van der Waals surface area (Å²) < 4.78 is 38.1. The minimum atomic E-state index is -4.24. The smallest absolute Gasteiger partial charge is 0.330 e. The van der Waals surface area contributed by atoms with Crippen molar-refractivity contribution in [3.8, 4) is 0 Å². The molecule has 2 rings (SSSR count). The van der Waals surface area contributed by atoms with E-state index < -0.39 is 5.51 Å². The minimum Gasteiger partial charge on any atom is -0.330 e. The maximum Gasteiger partial charge on any atom is 0.446 e. The summed E-state index contributed by atoms with van der Waals surface area (Å²) in [7, 11) is 0. The van der Waals surface area contributed by atoms with Crippen LogP contribution >= 0.6 is 11.8 Å². The molecule has 0 heterocycles. The van der Waals surface area contributed by atoms with Crippen LogP contribution in [0.4, 0.5) is 13.2 Å². The molecule has 0 spiro atoms. The fourth-order valence-corrected chi connectivity index (χ4v) is 3.63. The number of hydrogen-bond acceptors (Lipinski definition) is 2. The topological polar surface area (TPSA) is 26.0 Å². The van der Waals surface area contributed by atoms with E-state index in [1.807, 2.05) is 20.8 Å². The minimum absolute atomic E-state index is 0.0171. The Kier molecular flexibility index (Phi) is 5.17. The third-order valence-corrected chi connectivity index (χ3v) is 4.96. The molecular formula is C17H24F3NS. The van der Waals surface area contributed by atoms with E-state index in [1.165, 1.54) is 0 Å². The number of alkyl halides is 3. The Labute approximate surface area is 134 Å². The summed E-state index contributed by atoms with van der Waals surface area (Å²) in [4.78, 5) is 0.296. The van der Waals surface area contributed by atoms with Gasteiger partial charge in [-0.1, -0.05) is 26.8 Å². The maximum absolute atomic E-state index is 12.7. The zero-order valence-corrected chi connectivity index (χ0v) is 14.2. The molecule has 0 saturated heterocycles. The lowest BCUT2D eigenvalue weighted by Crippen LogP contribution is -2.31. The summed E-state index contributed by atoms with van der Waals surface area (Å²) in [6.07, 6.45) is 3.04. The molecular weight excluding hydrogens is 307 g/mol. The summed E-state index contributed by atoms with van der Waals surface area (Å²) in [5, 5.41) is 0. The quantitative estimate of drug-likeness (QED) is 0.775. The molecule has 5 heteroatoms. The molecule has 2 N–H and O–H groups in total. The monoisotopic (exact) mass is 331 g/mol. The van der Waals surface area contributed by atoms with E-state index in [-0.39, 0.29) is 17.2 Å². The van der Waals surface area contributed by atoms with Gasteiger partial charge in [-0.3, -0.25) is 0 Å². The lowest BCUT2D eigenvalue weighted by Gasteiger charge is -2.35. The molecule has 0 unspecified atom stereocenters. The van der Waals surface area contributed by atoms with Crippen LogP contribution in [-0.2, 0) is 11.8 Å². The molecule has 1 aliphatic rings. The number of benzene rings is 1. The van der Waals surface area contributed by atoms with E-state index in [9.17, 15) is 13.2 Å². The van der Waals surface area contributed by atoms with Gasteiger partial charge in [0.25, 0.3) is 0 Å². The molecule has 0 aromatic heterocycles. The first kappa shape index (κ1) is 17.7. The van der Waals surface area contributed by atoms with Crippen LogP contribution in [0.3, 0.4) is 0 Å². The van der Waals surface area contributed by atoms with E-state index in [1.54, 1.807) is 12.1 Å². The molecule has 0 bridgehead atoms. The maximum atomic E-state index is 12.7. The second kappa shape index (κ2) is 6.44. The SMILES string of the molecule is CC(C)(C)c1cc(CC2CC(CN)C2)cc(SC(F)(F)F)c1. The lowest BCUT2D eigenvalue weighted by atomic mass is 9.72. The van der Waals surface area contributed by atoms with Gasteiger partial charge >= 0.3 is 5.51 Å². The van der Waals surface area contributed by atoms with E-state index >= 15 is 0 Å². The third kappa shape index (κ3) is 4.92. The lowest BCUT2D eigenvalue weighted by molar-refractivity contribution is -0.0328. The molecule has 0 radical (unpaired) electrons. The van der Waals surface area contributed by atoms with Crippen LogP contribution in [0.25, 0.3) is 0 Å². The van der Waals surface area contributed by atoms with Gasteiger partial charge in [0.15, 0.2) is 0 Å². The Morgan fingerprint density at radius 3 is 2.23 bits per heavy atom. The highest BCUT2D eigenvalue weighted by Crippen LogP contribution is 2.41. The van der Waals surface area contributed by atoms with Crippen LogP contribution in [0.2, 0.25) is 0 Å². The van der Waals surface area contributed by atoms with E-state index in [0.717, 1.165) is 30.4 Å². The predicted octanol–water partition coefficient (Wildman–Crippen LogP) is 5.12. The first-order valence-corrected chi connectivity index (χ1v) is 8.49. The second-order valence-corrected chi connectivity index (χ2v) is 8.45. The van der Waals surface area contributed by atoms with Crippen molar-refractivity contribution >= 4 is 11.8 Å². The average Bonchev–Trinajstić information content (AvgIpc) is 2.29. The number of hydrogen-bond donors (Lipinski definition) is 1. The summed E-state index contributed by atoms with van der Waals surface area (Å²) in [6, 6.07) is 5.44. The van der Waals surface area contributed by atoms with Crippen molar-refractivity contribution in [3.63, 3.8) is 0 Å². The fraction of sp³-hybridized carbons (Fsp3) is 0.647. The van der Waals surface area contributed by atoms with E-state index in [0.29, 0.717) is 23.3 Å². The average molecular weight is 331 g/mol. The zero-order chi connectivity index (χ0) is 16.5. The normalized spacial score (nSPS) is 22.5. The number of rotatable bonds is 4. The molecule has 1 saturated carbocycles. The van der Waals surface area contributed by atoms with Crippen molar-refractivity contribution in [2.45, 2.75) is 55.9 Å². The van der Waals surface area contributed by atoms with Crippen molar-refractivity contribution < 1.29 is 13.2 Å². The van der Waals surface area contributed by atoms with Crippen molar-refractivity contribution in [1.82, 2.24) is 0 Å². The van der Waals surface area contributed by atoms with Gasteiger partial charge in [0.2, 0.25) is 0 Å². The Hall–Kier alpha value is -0.680. The van der Waals surface area contributed by atoms with Gasteiger partial charge in [0.05, 0.1) is 0 Å². The number of thioether (sulfide) groups is 1. The first-order chi connectivity index (χ1) is 10.1. The molecule has 0 amide bonds. The van der Waals surface area contributed by atoms with E-state index in [4.69, 9.17) is 5.73 Å². The highest BCUT2D eigenvalue weighted by Gasteiger charge is 2.31. The van der Waals surface area contributed by atoms with Crippen LogP contribution in [0, 0.1) is 11.8 Å². The molecule has 1 aliphatic carbocycles. The van der Waals surface area contributed by atoms with Gasteiger partial charge in [-0.15, -0.1) is 0 Å². The van der Waals surface area contributed by atoms with Gasteiger partial charge in [0.1, 0.15) is 0 Å². The summed E-state index contributed by atoms with van der Waals surface area (Å²) in [5.74, 6) is 1.16. The standard InChI is InChI=1S/C17H24F3NS/c1-16(2,3)14-7-12(4-11-5-13(6-11)10-21)8-15(9-14)22-17(18,19)20/h7-9,11,13H,4-6,10,21H2,1-3H3. The van der Waals surface area contributed by atoms with Crippen LogP contribution in [0.5, 0.6) is 0 Å². The molecule has 22 heavy (non-hydrogen) atoms. The van der Waals surface area contributed by atoms with Crippen molar-refractivity contribution in [1.29, 1.82) is 0 Å². The fourth-order valence-electron chi connectivity index (χ4n) is 2.97. The summed E-state index contributed by atoms with van der Waals surface area (Å²) >= 11 is -0.0171. The van der Waals surface area contributed by atoms with Crippen LogP contribution in [-0.4, -0.2) is 12.1 Å². The van der Waals surface area contributed by atoms with E-state index in [2.05, 4.69) is 6.07 Å². The highest BCUT2D eigenvalue weighted by atomic mass is 32.2. The molecule has 0 aliphatic heterocycles. The Morgan fingerprint density at radius 1 is 1.09 bits per heavy atom. The molecule has 1 aromatic carbocycles. The summed E-state index contributed by atoms with van der Waals surface area (Å²) in [5.41, 5.74) is 3.22. The van der Waals surface area contributed by atoms with Gasteiger partial charge in [-0.05, 0) is 78.1 Å². The predicted molar refractivity (Wildman–Crippen MR) is 86.0 cm³/mol. The van der Waals surface area contributed by atoms with Gasteiger partial charge in [-0.25, -0.2) is 0 Å². The number of nitrogens with two attached hydrogens (primary N) is 1. The second-order valence-electron chi connectivity index (χ2n) is 7.31. The molecule has 1 aromatic rings. The summed E-state index contributed by atoms with van der Waals surface area (Å²) in [6.45, 7) is 6.81. The van der Waals surface area contributed by atoms with Crippen molar-refractivity contribution in [3.05, 3.63) is 29.3 Å². The van der Waals surface area contributed by atoms with Crippen molar-refractivity contribution in [2.24, 2.45) is 17.6 Å². The Bertz CT molecular complexity index is 514. The third-order valence-electron chi connectivity index (χ3n) is 4.26. The molecule has 1 nitrogen and oxygen atoms in total. The van der Waals surface area contributed by atoms with Crippen molar-refractivity contribution in [2.75, 3.05) is 6.54 Å². The van der Waals surface area contributed by atoms with Gasteiger partial charge in [0, 0.05) is 4.90 Å². The van der Waals surface area contributed by atoms with Gasteiger partial charge in [-0.2, -0.15) is 13.2 Å². The molecule has 0 atom stereocenters. The zero-order valence-electron chi connectivity index (χ0n) is 13.3. The Balaban J connectivity index is 2.19. The Morgan fingerprint density at radius 2 is 1.73 bits per heavy atom. The molecule has 124 valence electrons. The van der Waals surface area contributed by atoms with Gasteiger partial charge < -0.3 is 5.73 Å². The van der Waals surface area contributed by atoms with Crippen LogP contribution in [0.1, 0.15) is 44.7 Å². The number of halogens is 3. The van der Waals surface area contributed by atoms with Crippen LogP contribution in [0.15, 0.2) is 23.1 Å².